The number of nitrogens with zero attached hydrogens (tertiary/aromatic N) is 1. The summed E-state index contributed by atoms with van der Waals surface area (Å²) < 4.78 is 2.28. The molecule has 0 N–H and O–H groups in total. The second-order valence-corrected chi connectivity index (χ2v) is 4.77. The van der Waals surface area contributed by atoms with Crippen molar-refractivity contribution in [2.24, 2.45) is 5.92 Å². The Bertz CT molecular complexity index is 233. The van der Waals surface area contributed by atoms with Crippen LogP contribution in [0, 0.1) is 5.92 Å². The van der Waals surface area contributed by atoms with Gasteiger partial charge in [-0.25, -0.2) is 0 Å². The average Bonchev–Trinajstić information content (AvgIpc) is 2.15. The summed E-state index contributed by atoms with van der Waals surface area (Å²) in [5, 5.41) is 0. The first-order chi connectivity index (χ1) is 6.20. The molecule has 0 spiro atoms. The molecule has 0 fully saturated rings. The zero-order valence-corrected chi connectivity index (χ0v) is 10.4. The molecule has 72 valence electrons. The summed E-state index contributed by atoms with van der Waals surface area (Å²) in [4.78, 5) is 0. The van der Waals surface area contributed by atoms with E-state index in [-0.39, 0.29) is 0 Å². The van der Waals surface area contributed by atoms with Gasteiger partial charge in [0, 0.05) is 12.2 Å². The third kappa shape index (κ3) is 3.98. The maximum atomic E-state index is 2.37. The Labute approximate surface area is 94.6 Å². The van der Waals surface area contributed by atoms with E-state index in [1.54, 1.807) is 0 Å². The van der Waals surface area contributed by atoms with E-state index in [1.165, 1.54) is 12.1 Å². The fourth-order valence-electron chi connectivity index (χ4n) is 1.09. The maximum Gasteiger partial charge on any atom is 0.0591 e. The smallest absolute Gasteiger partial charge is 0.0591 e. The molecule has 13 heavy (non-hydrogen) atoms. The number of benzene rings is 1. The molecular formula is C11H16IN. The first-order valence-electron chi connectivity index (χ1n) is 4.68. The standard InChI is InChI=1S/C11H16IN/c1-10(2)8-9-13(12)11-6-4-3-5-7-11/h3-7,10H,8-9H2,1-2H3. The Kier molecular flexibility index (Phi) is 4.56. The molecule has 0 bridgehead atoms. The van der Waals surface area contributed by atoms with Crippen LogP contribution in [-0.4, -0.2) is 6.54 Å². The van der Waals surface area contributed by atoms with Crippen molar-refractivity contribution in [2.45, 2.75) is 20.3 Å². The highest BCUT2D eigenvalue weighted by atomic mass is 127. The van der Waals surface area contributed by atoms with Crippen LogP contribution in [0.1, 0.15) is 20.3 Å². The van der Waals surface area contributed by atoms with Crippen molar-refractivity contribution in [3.8, 4) is 0 Å². The zero-order chi connectivity index (χ0) is 9.68. The molecule has 0 aliphatic heterocycles. The van der Waals surface area contributed by atoms with Crippen LogP contribution in [0.15, 0.2) is 30.3 Å². The molecule has 0 aliphatic carbocycles. The van der Waals surface area contributed by atoms with Gasteiger partial charge in [0.1, 0.15) is 0 Å². The molecule has 1 nitrogen and oxygen atoms in total. The molecular weight excluding hydrogens is 273 g/mol. The molecule has 2 heteroatoms. The normalized spacial score (nSPS) is 10.5. The van der Waals surface area contributed by atoms with E-state index in [4.69, 9.17) is 0 Å². The van der Waals surface area contributed by atoms with Crippen LogP contribution in [0.4, 0.5) is 5.69 Å². The second-order valence-electron chi connectivity index (χ2n) is 3.60. The molecule has 0 unspecified atom stereocenters. The molecule has 1 aromatic rings. The van der Waals surface area contributed by atoms with Gasteiger partial charge in [-0.15, -0.1) is 0 Å². The number of halogens is 1. The summed E-state index contributed by atoms with van der Waals surface area (Å²) in [6.07, 6.45) is 1.25. The van der Waals surface area contributed by atoms with Gasteiger partial charge < -0.3 is 3.11 Å². The largest absolute Gasteiger partial charge is 0.315 e. The van der Waals surface area contributed by atoms with E-state index < -0.39 is 0 Å². The Morgan fingerprint density at radius 3 is 2.38 bits per heavy atom. The quantitative estimate of drug-likeness (QED) is 0.600. The summed E-state index contributed by atoms with van der Waals surface area (Å²) in [7, 11) is 0. The number of para-hydroxylation sites is 1. The highest BCUT2D eigenvalue weighted by Crippen LogP contribution is 2.18. The lowest BCUT2D eigenvalue weighted by Crippen LogP contribution is -2.12. The first kappa shape index (κ1) is 10.8. The van der Waals surface area contributed by atoms with Gasteiger partial charge in [-0.1, -0.05) is 32.0 Å². The highest BCUT2D eigenvalue weighted by Gasteiger charge is 2.02. The van der Waals surface area contributed by atoms with Crippen molar-refractivity contribution in [1.29, 1.82) is 0 Å². The predicted octanol–water partition coefficient (Wildman–Crippen LogP) is 3.89. The van der Waals surface area contributed by atoms with Crippen LogP contribution in [-0.2, 0) is 0 Å². The minimum absolute atomic E-state index is 0.779. The van der Waals surface area contributed by atoms with Crippen LogP contribution >= 0.6 is 22.9 Å². The van der Waals surface area contributed by atoms with E-state index >= 15 is 0 Å². The maximum absolute atomic E-state index is 2.37. The number of hydrogen-bond acceptors (Lipinski definition) is 1. The Morgan fingerprint density at radius 1 is 1.23 bits per heavy atom. The summed E-state index contributed by atoms with van der Waals surface area (Å²) in [6.45, 7) is 5.65. The lowest BCUT2D eigenvalue weighted by atomic mass is 10.1. The van der Waals surface area contributed by atoms with Gasteiger partial charge in [0.25, 0.3) is 0 Å². The molecule has 0 radical (unpaired) electrons. The minimum atomic E-state index is 0.779. The van der Waals surface area contributed by atoms with E-state index in [2.05, 4.69) is 70.2 Å². The fraction of sp³-hybridized carbons (Fsp3) is 0.455. The third-order valence-corrected chi connectivity index (χ3v) is 2.98. The van der Waals surface area contributed by atoms with Gasteiger partial charge in [-0.05, 0) is 24.5 Å². The van der Waals surface area contributed by atoms with Crippen molar-refractivity contribution in [3.63, 3.8) is 0 Å². The van der Waals surface area contributed by atoms with Gasteiger partial charge in [0.05, 0.1) is 22.9 Å². The molecule has 1 aromatic carbocycles. The Hall–Kier alpha value is -0.250. The van der Waals surface area contributed by atoms with Crippen LogP contribution in [0.25, 0.3) is 0 Å². The highest BCUT2D eigenvalue weighted by molar-refractivity contribution is 14.1. The molecule has 0 aromatic heterocycles. The summed E-state index contributed by atoms with van der Waals surface area (Å²) in [6, 6.07) is 10.5. The van der Waals surface area contributed by atoms with Gasteiger partial charge in [-0.2, -0.15) is 0 Å². The Morgan fingerprint density at radius 2 is 1.85 bits per heavy atom. The van der Waals surface area contributed by atoms with Crippen molar-refractivity contribution in [3.05, 3.63) is 30.3 Å². The number of anilines is 1. The lowest BCUT2D eigenvalue weighted by Gasteiger charge is -2.17. The summed E-state index contributed by atoms with van der Waals surface area (Å²) in [5.74, 6) is 0.779. The minimum Gasteiger partial charge on any atom is -0.315 e. The van der Waals surface area contributed by atoms with Gasteiger partial charge in [-0.3, -0.25) is 0 Å². The molecule has 0 aliphatic rings. The zero-order valence-electron chi connectivity index (χ0n) is 8.20. The van der Waals surface area contributed by atoms with Crippen molar-refractivity contribution in [2.75, 3.05) is 9.66 Å². The summed E-state index contributed by atoms with van der Waals surface area (Å²) in [5.41, 5.74) is 1.30. The topological polar surface area (TPSA) is 3.24 Å². The molecule has 0 amide bonds. The van der Waals surface area contributed by atoms with Crippen molar-refractivity contribution >= 4 is 28.6 Å². The van der Waals surface area contributed by atoms with Crippen LogP contribution in [0.5, 0.6) is 0 Å². The number of hydrogen-bond donors (Lipinski definition) is 0. The molecule has 0 saturated carbocycles. The van der Waals surface area contributed by atoms with Crippen LogP contribution < -0.4 is 3.11 Å². The van der Waals surface area contributed by atoms with E-state index in [9.17, 15) is 0 Å². The molecule has 0 heterocycles. The molecule has 1 rings (SSSR count). The fourth-order valence-corrected chi connectivity index (χ4v) is 1.69. The average molecular weight is 289 g/mol. The number of rotatable bonds is 4. The van der Waals surface area contributed by atoms with Crippen LogP contribution in [0.2, 0.25) is 0 Å². The SMILES string of the molecule is CC(C)CCN(I)c1ccccc1. The Balaban J connectivity index is 2.44. The molecule has 0 saturated heterocycles. The lowest BCUT2D eigenvalue weighted by molar-refractivity contribution is 0.601. The van der Waals surface area contributed by atoms with E-state index in [1.807, 2.05) is 0 Å². The van der Waals surface area contributed by atoms with Gasteiger partial charge in [0.15, 0.2) is 0 Å². The monoisotopic (exact) mass is 289 g/mol. The van der Waals surface area contributed by atoms with E-state index in [0.717, 1.165) is 12.5 Å². The summed E-state index contributed by atoms with van der Waals surface area (Å²) >= 11 is 2.37. The van der Waals surface area contributed by atoms with Crippen molar-refractivity contribution in [1.82, 2.24) is 0 Å². The van der Waals surface area contributed by atoms with Gasteiger partial charge >= 0.3 is 0 Å². The van der Waals surface area contributed by atoms with E-state index in [0.29, 0.717) is 0 Å². The first-order valence-corrected chi connectivity index (χ1v) is 5.65. The van der Waals surface area contributed by atoms with Crippen molar-refractivity contribution < 1.29 is 0 Å². The second kappa shape index (κ2) is 5.47. The van der Waals surface area contributed by atoms with Gasteiger partial charge in [0.2, 0.25) is 0 Å². The predicted molar refractivity (Wildman–Crippen MR) is 67.3 cm³/mol. The molecule has 0 atom stereocenters. The third-order valence-electron chi connectivity index (χ3n) is 1.94. The van der Waals surface area contributed by atoms with Crippen LogP contribution in [0.3, 0.4) is 0 Å².